The molecule has 1 heterocycles. The van der Waals surface area contributed by atoms with Crippen molar-refractivity contribution in [3.63, 3.8) is 0 Å². The minimum absolute atomic E-state index is 0.164. The molecule has 0 amide bonds. The lowest BCUT2D eigenvalue weighted by Gasteiger charge is -2.17. The highest BCUT2D eigenvalue weighted by atomic mass is 16.5. The van der Waals surface area contributed by atoms with E-state index in [0.29, 0.717) is 25.9 Å². The van der Waals surface area contributed by atoms with Crippen LogP contribution in [-0.4, -0.2) is 36.3 Å². The van der Waals surface area contributed by atoms with Gasteiger partial charge >= 0.3 is 5.97 Å². The third kappa shape index (κ3) is 5.64. The van der Waals surface area contributed by atoms with Crippen molar-refractivity contribution in [2.45, 2.75) is 39.2 Å². The van der Waals surface area contributed by atoms with Gasteiger partial charge in [-0.3, -0.25) is 14.5 Å². The molecule has 0 bridgehead atoms. The molecule has 4 heteroatoms. The number of unbranched alkanes of at least 4 members (excludes halogenated alkanes) is 1. The van der Waals surface area contributed by atoms with E-state index in [1.54, 1.807) is 6.92 Å². The van der Waals surface area contributed by atoms with Crippen LogP contribution in [0.4, 0.5) is 0 Å². The molecule has 0 spiro atoms. The summed E-state index contributed by atoms with van der Waals surface area (Å²) in [5.74, 6) is -0.0153. The van der Waals surface area contributed by atoms with Gasteiger partial charge in [-0.1, -0.05) is 36.4 Å². The van der Waals surface area contributed by atoms with Gasteiger partial charge in [-0.25, -0.2) is 0 Å². The monoisotopic (exact) mass is 315 g/mol. The lowest BCUT2D eigenvalue weighted by Crippen LogP contribution is -2.20. The Labute approximate surface area is 138 Å². The molecule has 0 fully saturated rings. The van der Waals surface area contributed by atoms with E-state index in [9.17, 15) is 9.59 Å². The van der Waals surface area contributed by atoms with Gasteiger partial charge in [-0.05, 0) is 25.3 Å². The number of hydrogen-bond acceptors (Lipinski definition) is 4. The average Bonchev–Trinajstić information content (AvgIpc) is 3.05. The van der Waals surface area contributed by atoms with Gasteiger partial charge in [0, 0.05) is 38.0 Å². The number of hydrogen-bond donors (Lipinski definition) is 0. The summed E-state index contributed by atoms with van der Waals surface area (Å²) in [4.78, 5) is 26.0. The molecule has 1 aromatic rings. The Morgan fingerprint density at radius 3 is 2.52 bits per heavy atom. The Morgan fingerprint density at radius 2 is 1.78 bits per heavy atom. The third-order valence-electron chi connectivity index (χ3n) is 3.95. The van der Waals surface area contributed by atoms with Crippen LogP contribution in [0.5, 0.6) is 0 Å². The van der Waals surface area contributed by atoms with Gasteiger partial charge in [0.15, 0.2) is 5.78 Å². The van der Waals surface area contributed by atoms with Crippen LogP contribution in [0.2, 0.25) is 0 Å². The molecule has 0 saturated heterocycles. The summed E-state index contributed by atoms with van der Waals surface area (Å²) in [5.41, 5.74) is 1.90. The van der Waals surface area contributed by atoms with E-state index in [4.69, 9.17) is 4.74 Å². The molecule has 124 valence electrons. The van der Waals surface area contributed by atoms with E-state index in [1.165, 1.54) is 0 Å². The lowest BCUT2D eigenvalue weighted by atomic mass is 9.99. The van der Waals surface area contributed by atoms with Crippen LogP contribution < -0.4 is 0 Å². The van der Waals surface area contributed by atoms with Crippen molar-refractivity contribution >= 4 is 11.8 Å². The SMILES string of the molecule is CCOC(=O)CCCCC(=O)c1ccccc1CN1CC=CC1. The third-order valence-corrected chi connectivity index (χ3v) is 3.95. The summed E-state index contributed by atoms with van der Waals surface area (Å²) in [6.07, 6.45) is 6.59. The first-order valence-electron chi connectivity index (χ1n) is 8.34. The first-order chi connectivity index (χ1) is 11.2. The van der Waals surface area contributed by atoms with Gasteiger partial charge < -0.3 is 4.74 Å². The molecular formula is C19H25NO3. The quantitative estimate of drug-likeness (QED) is 0.303. The largest absolute Gasteiger partial charge is 0.466 e. The van der Waals surface area contributed by atoms with E-state index in [0.717, 1.165) is 37.2 Å². The molecule has 1 aliphatic heterocycles. The van der Waals surface area contributed by atoms with Crippen LogP contribution in [0, 0.1) is 0 Å². The van der Waals surface area contributed by atoms with E-state index >= 15 is 0 Å². The molecule has 0 aromatic heterocycles. The average molecular weight is 315 g/mol. The molecule has 0 atom stereocenters. The molecule has 0 saturated carbocycles. The van der Waals surface area contributed by atoms with Crippen LogP contribution in [-0.2, 0) is 16.1 Å². The highest BCUT2D eigenvalue weighted by Crippen LogP contribution is 2.17. The second-order valence-electron chi connectivity index (χ2n) is 5.76. The second kappa shape index (κ2) is 9.26. The maximum absolute atomic E-state index is 12.5. The molecule has 0 aliphatic carbocycles. The highest BCUT2D eigenvalue weighted by molar-refractivity contribution is 5.97. The first-order valence-corrected chi connectivity index (χ1v) is 8.34. The minimum atomic E-state index is -0.179. The fourth-order valence-electron chi connectivity index (χ4n) is 2.74. The van der Waals surface area contributed by atoms with Crippen LogP contribution in [0.3, 0.4) is 0 Å². The Kier molecular flexibility index (Phi) is 7.01. The standard InChI is InChI=1S/C19H25NO3/c1-2-23-19(22)12-6-5-11-18(21)17-10-4-3-9-16(17)15-20-13-7-8-14-20/h3-4,7-10H,2,5-6,11-15H2,1H3. The summed E-state index contributed by atoms with van der Waals surface area (Å²) < 4.78 is 4.89. The molecule has 1 aliphatic rings. The zero-order valence-corrected chi connectivity index (χ0v) is 13.8. The van der Waals surface area contributed by atoms with Gasteiger partial charge in [-0.15, -0.1) is 0 Å². The number of carbonyl (C=O) groups excluding carboxylic acids is 2. The Bertz CT molecular complexity index is 557. The molecule has 0 unspecified atom stereocenters. The number of rotatable bonds is 9. The van der Waals surface area contributed by atoms with Gasteiger partial charge in [0.05, 0.1) is 6.61 Å². The van der Waals surface area contributed by atoms with E-state index < -0.39 is 0 Å². The molecule has 0 N–H and O–H groups in total. The topological polar surface area (TPSA) is 46.6 Å². The number of esters is 1. The van der Waals surface area contributed by atoms with E-state index in [-0.39, 0.29) is 11.8 Å². The number of carbonyl (C=O) groups is 2. The van der Waals surface area contributed by atoms with Crippen molar-refractivity contribution in [1.29, 1.82) is 0 Å². The van der Waals surface area contributed by atoms with Crippen molar-refractivity contribution in [2.75, 3.05) is 19.7 Å². The number of nitrogens with zero attached hydrogens (tertiary/aromatic N) is 1. The fraction of sp³-hybridized carbons (Fsp3) is 0.474. The fourth-order valence-corrected chi connectivity index (χ4v) is 2.74. The van der Waals surface area contributed by atoms with Crippen LogP contribution in [0.15, 0.2) is 36.4 Å². The van der Waals surface area contributed by atoms with E-state index in [1.807, 2.05) is 24.3 Å². The zero-order chi connectivity index (χ0) is 16.5. The summed E-state index contributed by atoms with van der Waals surface area (Å²) in [7, 11) is 0. The van der Waals surface area contributed by atoms with Gasteiger partial charge in [0.25, 0.3) is 0 Å². The first kappa shape index (κ1) is 17.4. The van der Waals surface area contributed by atoms with Crippen molar-refractivity contribution < 1.29 is 14.3 Å². The summed E-state index contributed by atoms with van der Waals surface area (Å²) >= 11 is 0. The van der Waals surface area contributed by atoms with Gasteiger partial charge in [-0.2, -0.15) is 0 Å². The van der Waals surface area contributed by atoms with Crippen molar-refractivity contribution in [1.82, 2.24) is 4.90 Å². The molecule has 1 aromatic carbocycles. The molecule has 4 nitrogen and oxygen atoms in total. The number of benzene rings is 1. The van der Waals surface area contributed by atoms with Crippen molar-refractivity contribution in [3.8, 4) is 0 Å². The lowest BCUT2D eigenvalue weighted by molar-refractivity contribution is -0.143. The van der Waals surface area contributed by atoms with Gasteiger partial charge in [0.1, 0.15) is 0 Å². The Hall–Kier alpha value is -1.94. The minimum Gasteiger partial charge on any atom is -0.466 e. The molecule has 0 radical (unpaired) electrons. The van der Waals surface area contributed by atoms with Crippen molar-refractivity contribution in [2.24, 2.45) is 0 Å². The Morgan fingerprint density at radius 1 is 1.09 bits per heavy atom. The number of Topliss-reactive ketones (excluding diaryl/α,β-unsaturated/α-hetero) is 1. The maximum atomic E-state index is 12.5. The number of ether oxygens (including phenoxy) is 1. The maximum Gasteiger partial charge on any atom is 0.305 e. The number of ketones is 1. The summed E-state index contributed by atoms with van der Waals surface area (Å²) in [5, 5.41) is 0. The molecular weight excluding hydrogens is 290 g/mol. The van der Waals surface area contributed by atoms with Crippen molar-refractivity contribution in [3.05, 3.63) is 47.5 Å². The van der Waals surface area contributed by atoms with Crippen LogP contribution >= 0.6 is 0 Å². The summed E-state index contributed by atoms with van der Waals surface area (Å²) in [6.45, 7) is 4.91. The highest BCUT2D eigenvalue weighted by Gasteiger charge is 2.14. The van der Waals surface area contributed by atoms with Crippen LogP contribution in [0.25, 0.3) is 0 Å². The Balaban J connectivity index is 1.83. The predicted molar refractivity (Wildman–Crippen MR) is 90.3 cm³/mol. The molecule has 2 rings (SSSR count). The summed E-state index contributed by atoms with van der Waals surface area (Å²) in [6, 6.07) is 7.84. The van der Waals surface area contributed by atoms with Crippen LogP contribution in [0.1, 0.15) is 48.5 Å². The van der Waals surface area contributed by atoms with Gasteiger partial charge in [0.2, 0.25) is 0 Å². The molecule has 23 heavy (non-hydrogen) atoms. The zero-order valence-electron chi connectivity index (χ0n) is 13.8. The van der Waals surface area contributed by atoms with E-state index in [2.05, 4.69) is 17.1 Å². The predicted octanol–water partition coefficient (Wildman–Crippen LogP) is 3.36. The smallest absolute Gasteiger partial charge is 0.305 e. The normalized spacial score (nSPS) is 14.1. The second-order valence-corrected chi connectivity index (χ2v) is 5.76.